The number of pyridine rings is 2. The van der Waals surface area contributed by atoms with Gasteiger partial charge < -0.3 is 16.0 Å². The van der Waals surface area contributed by atoms with Crippen LogP contribution in [0.25, 0.3) is 38.6 Å². The summed E-state index contributed by atoms with van der Waals surface area (Å²) in [7, 11) is 0. The number of H-pyrrole nitrogens is 1. The van der Waals surface area contributed by atoms with Gasteiger partial charge >= 0.3 is 0 Å². The van der Waals surface area contributed by atoms with E-state index in [9.17, 15) is 14.4 Å². The first-order chi connectivity index (χ1) is 19.8. The molecule has 0 aliphatic heterocycles. The molecule has 0 aliphatic rings. The minimum atomic E-state index is -0.559. The maximum Gasteiger partial charge on any atom is 0.263 e. The summed E-state index contributed by atoms with van der Waals surface area (Å²) in [5.41, 5.74) is 8.16. The molecule has 6 rings (SSSR count). The monoisotopic (exact) mass is 562 g/mol. The Hall–Kier alpha value is -5.28. The second kappa shape index (κ2) is 10.4. The molecule has 202 valence electrons. The summed E-state index contributed by atoms with van der Waals surface area (Å²) >= 11 is 7.14. The molecule has 0 saturated carbocycles. The predicted molar refractivity (Wildman–Crippen MR) is 161 cm³/mol. The fourth-order valence-corrected chi connectivity index (χ4v) is 5.49. The molecule has 0 saturated heterocycles. The van der Waals surface area contributed by atoms with Crippen molar-refractivity contribution < 1.29 is 4.79 Å². The molecule has 0 radical (unpaired) electrons. The summed E-state index contributed by atoms with van der Waals surface area (Å²) in [4.78, 5) is 50.1. The van der Waals surface area contributed by atoms with E-state index in [1.807, 2.05) is 49.4 Å². The van der Waals surface area contributed by atoms with Crippen LogP contribution in [0.2, 0.25) is 5.02 Å². The van der Waals surface area contributed by atoms with Crippen LogP contribution in [0.4, 0.5) is 5.82 Å². The summed E-state index contributed by atoms with van der Waals surface area (Å²) in [5.74, 6) is -0.218. The molecule has 41 heavy (non-hydrogen) atoms. The van der Waals surface area contributed by atoms with E-state index in [0.29, 0.717) is 55.2 Å². The van der Waals surface area contributed by atoms with E-state index >= 15 is 0 Å². The quantitative estimate of drug-likeness (QED) is 0.255. The first-order valence-electron chi connectivity index (χ1n) is 12.8. The van der Waals surface area contributed by atoms with Gasteiger partial charge in [-0.15, -0.1) is 0 Å². The van der Waals surface area contributed by atoms with Crippen molar-refractivity contribution in [2.45, 2.75) is 13.0 Å². The van der Waals surface area contributed by atoms with E-state index < -0.39 is 11.9 Å². The van der Waals surface area contributed by atoms with Crippen molar-refractivity contribution in [1.82, 2.24) is 19.5 Å². The highest BCUT2D eigenvalue weighted by molar-refractivity contribution is 6.36. The maximum absolute atomic E-state index is 14.4. The van der Waals surface area contributed by atoms with Gasteiger partial charge in [0, 0.05) is 28.9 Å². The van der Waals surface area contributed by atoms with E-state index in [2.05, 4.69) is 20.3 Å². The van der Waals surface area contributed by atoms with Crippen molar-refractivity contribution >= 4 is 45.1 Å². The molecule has 4 N–H and O–H groups in total. The number of anilines is 1. The van der Waals surface area contributed by atoms with E-state index in [4.69, 9.17) is 17.3 Å². The van der Waals surface area contributed by atoms with Crippen LogP contribution in [-0.2, 0) is 0 Å². The second-order valence-electron chi connectivity index (χ2n) is 9.50. The second-order valence-corrected chi connectivity index (χ2v) is 9.88. The summed E-state index contributed by atoms with van der Waals surface area (Å²) in [6, 6.07) is 22.3. The molecule has 3 heterocycles. The standard InChI is InChI=1S/C31H23ClN6O3/c1-17(37-30-25-23(39)14-15-34-29(25)35-16-36-30)27-26(32)22-9-5-8-21(18-10-12-19(13-11-18)28(33)40)24(22)31(41)38(27)20-6-3-2-4-7-20/h2-17H,1H3,(H2,33,40)(H2,34,35,36,37,39)/t17-/m0/s1. The third-order valence-electron chi connectivity index (χ3n) is 6.99. The molecule has 1 amide bonds. The summed E-state index contributed by atoms with van der Waals surface area (Å²) in [6.45, 7) is 1.85. The molecular weight excluding hydrogens is 540 g/mol. The minimum absolute atomic E-state index is 0.244. The van der Waals surface area contributed by atoms with Gasteiger partial charge in [0.15, 0.2) is 5.43 Å². The zero-order valence-corrected chi connectivity index (χ0v) is 22.5. The largest absolute Gasteiger partial charge is 0.366 e. The van der Waals surface area contributed by atoms with Crippen LogP contribution in [0, 0.1) is 0 Å². The summed E-state index contributed by atoms with van der Waals surface area (Å²) < 4.78 is 1.58. The van der Waals surface area contributed by atoms with E-state index in [1.54, 1.807) is 34.9 Å². The fraction of sp³-hybridized carbons (Fsp3) is 0.0645. The number of aromatic amines is 1. The molecule has 0 unspecified atom stereocenters. The van der Waals surface area contributed by atoms with E-state index in [1.165, 1.54) is 18.6 Å². The van der Waals surface area contributed by atoms with E-state index in [-0.39, 0.29) is 11.0 Å². The molecule has 3 aromatic heterocycles. The Balaban J connectivity index is 1.60. The number of fused-ring (bicyclic) bond motifs is 2. The number of aromatic nitrogens is 4. The zero-order chi connectivity index (χ0) is 28.7. The lowest BCUT2D eigenvalue weighted by molar-refractivity contribution is 0.100. The average molecular weight is 563 g/mol. The summed E-state index contributed by atoms with van der Waals surface area (Å²) in [5, 5.41) is 4.94. The highest BCUT2D eigenvalue weighted by atomic mass is 35.5. The third kappa shape index (κ3) is 4.52. The van der Waals surface area contributed by atoms with Gasteiger partial charge in [0.1, 0.15) is 23.2 Å². The molecule has 9 nitrogen and oxygen atoms in total. The van der Waals surface area contributed by atoms with Crippen LogP contribution < -0.4 is 22.0 Å². The molecular formula is C31H23ClN6O3. The topological polar surface area (TPSA) is 136 Å². The van der Waals surface area contributed by atoms with Gasteiger partial charge in [0.2, 0.25) is 5.91 Å². The SMILES string of the molecule is C[C@H](Nc1ncnc2[nH]ccc(=O)c12)c1c(Cl)c2cccc(-c3ccc(C(N)=O)cc3)c2c(=O)n1-c1ccccc1. The number of benzene rings is 3. The van der Waals surface area contributed by atoms with Gasteiger partial charge in [0.25, 0.3) is 5.56 Å². The molecule has 0 bridgehead atoms. The van der Waals surface area contributed by atoms with Crippen molar-refractivity contribution in [3.63, 3.8) is 0 Å². The number of rotatable bonds is 6. The first kappa shape index (κ1) is 26.0. The van der Waals surface area contributed by atoms with Gasteiger partial charge in [-0.2, -0.15) is 0 Å². The average Bonchev–Trinajstić information content (AvgIpc) is 2.99. The number of nitrogens with two attached hydrogens (primary N) is 1. The number of nitrogens with zero attached hydrogens (tertiary/aromatic N) is 3. The number of hydrogen-bond acceptors (Lipinski definition) is 6. The highest BCUT2D eigenvalue weighted by Gasteiger charge is 2.24. The predicted octanol–water partition coefficient (Wildman–Crippen LogP) is 5.21. The molecule has 3 aromatic carbocycles. The van der Waals surface area contributed by atoms with E-state index in [0.717, 1.165) is 5.56 Å². The Morgan fingerprint density at radius 1 is 0.951 bits per heavy atom. The first-order valence-corrected chi connectivity index (χ1v) is 13.1. The molecule has 10 heteroatoms. The zero-order valence-electron chi connectivity index (χ0n) is 21.8. The van der Waals surface area contributed by atoms with Gasteiger partial charge in [-0.05, 0) is 42.3 Å². The van der Waals surface area contributed by atoms with Gasteiger partial charge in [0.05, 0.1) is 22.1 Å². The van der Waals surface area contributed by atoms with Gasteiger partial charge in [-0.3, -0.25) is 19.0 Å². The lowest BCUT2D eigenvalue weighted by Gasteiger charge is -2.24. The number of primary amides is 1. The number of halogens is 1. The molecule has 0 fully saturated rings. The number of carbonyl (C=O) groups is 1. The molecule has 1 atom stereocenters. The van der Waals surface area contributed by atoms with Crippen molar-refractivity contribution in [2.75, 3.05) is 5.32 Å². The summed E-state index contributed by atoms with van der Waals surface area (Å²) in [6.07, 6.45) is 2.88. The Morgan fingerprint density at radius 3 is 2.44 bits per heavy atom. The lowest BCUT2D eigenvalue weighted by atomic mass is 9.97. The maximum atomic E-state index is 14.4. The van der Waals surface area contributed by atoms with Crippen LogP contribution in [0.1, 0.15) is 29.0 Å². The number of amides is 1. The van der Waals surface area contributed by atoms with Gasteiger partial charge in [-0.1, -0.05) is 60.1 Å². The smallest absolute Gasteiger partial charge is 0.263 e. The van der Waals surface area contributed by atoms with Crippen molar-refractivity contribution in [3.8, 4) is 16.8 Å². The normalized spacial score (nSPS) is 12.0. The third-order valence-corrected chi connectivity index (χ3v) is 7.39. The Morgan fingerprint density at radius 2 is 1.71 bits per heavy atom. The minimum Gasteiger partial charge on any atom is -0.366 e. The number of hydrogen-bond donors (Lipinski definition) is 3. The van der Waals surface area contributed by atoms with Crippen LogP contribution in [-0.4, -0.2) is 25.4 Å². The van der Waals surface area contributed by atoms with Crippen LogP contribution in [0.3, 0.4) is 0 Å². The van der Waals surface area contributed by atoms with Crippen LogP contribution in [0.5, 0.6) is 0 Å². The Labute approximate surface area is 238 Å². The van der Waals surface area contributed by atoms with Crippen molar-refractivity contribution in [2.24, 2.45) is 5.73 Å². The molecule has 6 aromatic rings. The number of carbonyl (C=O) groups excluding carboxylic acids is 1. The lowest BCUT2D eigenvalue weighted by Crippen LogP contribution is -2.27. The molecule has 0 spiro atoms. The van der Waals surface area contributed by atoms with Crippen LogP contribution >= 0.6 is 11.6 Å². The van der Waals surface area contributed by atoms with Crippen LogP contribution in [0.15, 0.2) is 101 Å². The van der Waals surface area contributed by atoms with Crippen molar-refractivity contribution in [1.29, 1.82) is 0 Å². The van der Waals surface area contributed by atoms with Gasteiger partial charge in [-0.25, -0.2) is 9.97 Å². The Bertz CT molecular complexity index is 2070. The highest BCUT2D eigenvalue weighted by Crippen LogP contribution is 2.36. The Kier molecular flexibility index (Phi) is 6.56. The molecule has 0 aliphatic carbocycles. The number of para-hydroxylation sites is 1. The fourth-order valence-electron chi connectivity index (χ4n) is 5.09. The van der Waals surface area contributed by atoms with Crippen molar-refractivity contribution in [3.05, 3.63) is 128 Å². The number of nitrogens with one attached hydrogen (secondary N) is 2.